The summed E-state index contributed by atoms with van der Waals surface area (Å²) in [5.74, 6) is 0.772. The van der Waals surface area contributed by atoms with Crippen LogP contribution in [-0.4, -0.2) is 41.2 Å². The molecule has 0 unspecified atom stereocenters. The third-order valence-electron chi connectivity index (χ3n) is 6.76. The Morgan fingerprint density at radius 2 is 1.84 bits per heavy atom. The van der Waals surface area contributed by atoms with E-state index in [0.29, 0.717) is 11.6 Å². The van der Waals surface area contributed by atoms with Gasteiger partial charge >= 0.3 is 5.97 Å². The second kappa shape index (κ2) is 9.74. The van der Waals surface area contributed by atoms with Gasteiger partial charge in [-0.1, -0.05) is 41.9 Å². The topological polar surface area (TPSA) is 75.5 Å². The van der Waals surface area contributed by atoms with Gasteiger partial charge in [0.1, 0.15) is 11.6 Å². The van der Waals surface area contributed by atoms with Crippen molar-refractivity contribution in [1.29, 1.82) is 0 Å². The molecular weight excluding hydrogens is 518 g/mol. The molecule has 0 atom stereocenters. The first kappa shape index (κ1) is 24.4. The number of fused-ring (bicyclic) bond motifs is 2. The minimum atomic E-state index is -0.867. The number of ether oxygens (including phenoxy) is 1. The molecule has 1 N–H and O–H groups in total. The molecule has 5 aromatic rings. The fraction of sp³-hybridized carbons (Fsp3) is 0.167. The number of pyridine rings is 1. The summed E-state index contributed by atoms with van der Waals surface area (Å²) < 4.78 is 6.71. The number of aromatic nitrogens is 2. The van der Waals surface area contributed by atoms with E-state index in [-0.39, 0.29) is 6.42 Å². The van der Waals surface area contributed by atoms with Crippen LogP contribution in [-0.2, 0) is 11.2 Å². The minimum Gasteiger partial charge on any atom is -0.488 e. The molecule has 38 heavy (non-hydrogen) atoms. The molecule has 6 rings (SSSR count). The molecule has 0 amide bonds. The smallest absolute Gasteiger partial charge is 0.307 e. The largest absolute Gasteiger partial charge is 0.488 e. The van der Waals surface area contributed by atoms with Crippen LogP contribution < -0.4 is 9.64 Å². The van der Waals surface area contributed by atoms with E-state index in [1.165, 1.54) is 0 Å². The van der Waals surface area contributed by atoms with E-state index in [0.717, 1.165) is 72.4 Å². The standard InChI is InChI=1S/C30H24ClN3O3S/c1-17-14-24-28(27(22(17)16-26(35)36)18-6-8-21(31)9-7-18)38-30(33-24)20-5-3-4-19(15-20)23-10-11-25-29(32-23)34(2)12-13-37-25/h3-11,14-15H,12-13,16H2,1-2H3,(H,35,36). The Bertz CT molecular complexity index is 1700. The highest BCUT2D eigenvalue weighted by atomic mass is 35.5. The molecule has 190 valence electrons. The number of likely N-dealkylation sites (N-methyl/N-ethyl adjacent to an activating group) is 1. The summed E-state index contributed by atoms with van der Waals surface area (Å²) >= 11 is 7.72. The van der Waals surface area contributed by atoms with Crippen LogP contribution >= 0.6 is 22.9 Å². The number of carboxylic acid groups (broad SMARTS) is 1. The van der Waals surface area contributed by atoms with Gasteiger partial charge in [-0.25, -0.2) is 9.97 Å². The summed E-state index contributed by atoms with van der Waals surface area (Å²) in [5.41, 5.74) is 7.20. The highest BCUT2D eigenvalue weighted by molar-refractivity contribution is 7.22. The summed E-state index contributed by atoms with van der Waals surface area (Å²) in [4.78, 5) is 23.7. The number of benzene rings is 3. The zero-order valence-corrected chi connectivity index (χ0v) is 22.4. The molecule has 6 nitrogen and oxygen atoms in total. The molecule has 0 aliphatic carbocycles. The lowest BCUT2D eigenvalue weighted by atomic mass is 9.93. The third-order valence-corrected chi connectivity index (χ3v) is 8.15. The van der Waals surface area contributed by atoms with Gasteiger partial charge in [0.2, 0.25) is 0 Å². The number of nitrogens with zero attached hydrogens (tertiary/aromatic N) is 3. The minimum absolute atomic E-state index is 0.0649. The van der Waals surface area contributed by atoms with Gasteiger partial charge < -0.3 is 14.7 Å². The van der Waals surface area contributed by atoms with Crippen molar-refractivity contribution in [3.63, 3.8) is 0 Å². The molecule has 0 radical (unpaired) electrons. The maximum Gasteiger partial charge on any atom is 0.307 e. The highest BCUT2D eigenvalue weighted by Crippen LogP contribution is 2.42. The summed E-state index contributed by atoms with van der Waals surface area (Å²) in [7, 11) is 2.02. The van der Waals surface area contributed by atoms with Crippen molar-refractivity contribution in [3.05, 3.63) is 82.9 Å². The van der Waals surface area contributed by atoms with Crippen LogP contribution in [0.5, 0.6) is 5.75 Å². The first-order chi connectivity index (χ1) is 18.4. The molecule has 8 heteroatoms. The van der Waals surface area contributed by atoms with E-state index in [2.05, 4.69) is 11.0 Å². The van der Waals surface area contributed by atoms with Gasteiger partial charge in [-0.15, -0.1) is 11.3 Å². The normalized spacial score (nSPS) is 12.9. The Morgan fingerprint density at radius 3 is 2.63 bits per heavy atom. The number of carbonyl (C=O) groups is 1. The van der Waals surface area contributed by atoms with Gasteiger partial charge in [0, 0.05) is 28.8 Å². The van der Waals surface area contributed by atoms with Crippen molar-refractivity contribution < 1.29 is 14.6 Å². The predicted molar refractivity (Wildman–Crippen MR) is 154 cm³/mol. The molecule has 0 fully saturated rings. The van der Waals surface area contributed by atoms with Gasteiger partial charge in [-0.3, -0.25) is 4.79 Å². The molecule has 0 bridgehead atoms. The molecule has 2 aromatic heterocycles. The first-order valence-electron chi connectivity index (χ1n) is 12.2. The van der Waals surface area contributed by atoms with Crippen LogP contribution in [0.15, 0.2) is 66.7 Å². The average Bonchev–Trinajstić information content (AvgIpc) is 3.33. The summed E-state index contributed by atoms with van der Waals surface area (Å²) in [6.07, 6.45) is -0.0649. The van der Waals surface area contributed by atoms with Crippen LogP contribution in [0.3, 0.4) is 0 Å². The lowest BCUT2D eigenvalue weighted by Crippen LogP contribution is -2.29. The maximum atomic E-state index is 11.8. The van der Waals surface area contributed by atoms with Gasteiger partial charge in [-0.2, -0.15) is 0 Å². The Kier molecular flexibility index (Phi) is 6.26. The van der Waals surface area contributed by atoms with Crippen molar-refractivity contribution in [1.82, 2.24) is 9.97 Å². The second-order valence-corrected chi connectivity index (χ2v) is 10.8. The van der Waals surface area contributed by atoms with Gasteiger partial charge in [0.05, 0.1) is 28.9 Å². The fourth-order valence-corrected chi connectivity index (χ4v) is 6.11. The number of aliphatic carboxylic acids is 1. The van der Waals surface area contributed by atoms with E-state index in [1.807, 2.05) is 74.6 Å². The average molecular weight is 542 g/mol. The van der Waals surface area contributed by atoms with E-state index in [4.69, 9.17) is 26.3 Å². The number of hydrogen-bond acceptors (Lipinski definition) is 6. The van der Waals surface area contributed by atoms with Crippen LogP contribution in [0.25, 0.3) is 43.2 Å². The summed E-state index contributed by atoms with van der Waals surface area (Å²) in [6, 6.07) is 21.7. The van der Waals surface area contributed by atoms with Crippen molar-refractivity contribution in [2.45, 2.75) is 13.3 Å². The Balaban J connectivity index is 1.47. The molecule has 3 heterocycles. The molecular formula is C30H24ClN3O3S. The molecule has 1 aliphatic rings. The quantitative estimate of drug-likeness (QED) is 0.255. The number of thiazole rings is 1. The SMILES string of the molecule is Cc1cc2nc(-c3cccc(-c4ccc5c(n4)N(C)CCO5)c3)sc2c(-c2ccc(Cl)cc2)c1CC(=O)O. The Labute approximate surface area is 229 Å². The monoisotopic (exact) mass is 541 g/mol. The maximum absolute atomic E-state index is 11.8. The predicted octanol–water partition coefficient (Wildman–Crippen LogP) is 7.11. The van der Waals surface area contributed by atoms with Gasteiger partial charge in [0.15, 0.2) is 11.6 Å². The van der Waals surface area contributed by atoms with Crippen molar-refractivity contribution in [2.75, 3.05) is 25.1 Å². The van der Waals surface area contributed by atoms with E-state index >= 15 is 0 Å². The fourth-order valence-electron chi connectivity index (χ4n) is 4.85. The van der Waals surface area contributed by atoms with Gasteiger partial charge in [0.25, 0.3) is 0 Å². The summed E-state index contributed by atoms with van der Waals surface area (Å²) in [5, 5.41) is 11.1. The van der Waals surface area contributed by atoms with E-state index < -0.39 is 5.97 Å². The van der Waals surface area contributed by atoms with Crippen LogP contribution in [0.1, 0.15) is 11.1 Å². The van der Waals surface area contributed by atoms with Crippen molar-refractivity contribution in [2.24, 2.45) is 0 Å². The number of halogens is 1. The number of rotatable bonds is 5. The van der Waals surface area contributed by atoms with Crippen LogP contribution in [0.4, 0.5) is 5.82 Å². The molecule has 0 saturated heterocycles. The molecule has 3 aromatic carbocycles. The Hall–Kier alpha value is -3.94. The number of anilines is 1. The van der Waals surface area contributed by atoms with Crippen LogP contribution in [0, 0.1) is 6.92 Å². The molecule has 0 saturated carbocycles. The third kappa shape index (κ3) is 4.48. The van der Waals surface area contributed by atoms with Crippen molar-refractivity contribution >= 4 is 44.9 Å². The lowest BCUT2D eigenvalue weighted by Gasteiger charge is -2.26. The number of aryl methyl sites for hydroxylation is 1. The zero-order chi connectivity index (χ0) is 26.4. The van der Waals surface area contributed by atoms with Crippen molar-refractivity contribution in [3.8, 4) is 38.7 Å². The van der Waals surface area contributed by atoms with E-state index in [9.17, 15) is 9.90 Å². The second-order valence-electron chi connectivity index (χ2n) is 9.36. The zero-order valence-electron chi connectivity index (χ0n) is 20.9. The van der Waals surface area contributed by atoms with E-state index in [1.54, 1.807) is 11.3 Å². The summed E-state index contributed by atoms with van der Waals surface area (Å²) in [6.45, 7) is 3.40. The van der Waals surface area contributed by atoms with Crippen LogP contribution in [0.2, 0.25) is 5.02 Å². The molecule has 1 aliphatic heterocycles. The van der Waals surface area contributed by atoms with Gasteiger partial charge in [-0.05, 0) is 60.0 Å². The molecule has 0 spiro atoms. The lowest BCUT2D eigenvalue weighted by molar-refractivity contribution is -0.136. The number of carboxylic acids is 1. The number of hydrogen-bond donors (Lipinski definition) is 1. The first-order valence-corrected chi connectivity index (χ1v) is 13.4. The Morgan fingerprint density at radius 1 is 1.05 bits per heavy atom. The highest BCUT2D eigenvalue weighted by Gasteiger charge is 2.21.